The van der Waals surface area contributed by atoms with Crippen molar-refractivity contribution in [2.45, 2.75) is 64.5 Å². The van der Waals surface area contributed by atoms with Gasteiger partial charge in [-0.05, 0) is 50.3 Å². The molecule has 0 spiro atoms. The molecule has 0 saturated carbocycles. The van der Waals surface area contributed by atoms with Crippen LogP contribution < -0.4 is 4.74 Å². The van der Waals surface area contributed by atoms with Crippen molar-refractivity contribution in [1.82, 2.24) is 4.90 Å². The maximum Gasteiger partial charge on any atom is 0.122 e. The summed E-state index contributed by atoms with van der Waals surface area (Å²) in [6.45, 7) is 8.85. The molecule has 0 aliphatic carbocycles. The fourth-order valence-corrected chi connectivity index (χ4v) is 3.18. The lowest BCUT2D eigenvalue weighted by Gasteiger charge is -2.34. The molecule has 0 bridgehead atoms. The standard InChI is InChI=1S/C19H31NO2.ClH/c1-4-15(2)18-10-5-6-11-19(18)22-14-17(21)13-20-12-8-7-9-16(20)3;/h5-6,10-11,15-17,21H,4,7-9,12-14H2,1-3H3;1H. The van der Waals surface area contributed by atoms with E-state index in [1.54, 1.807) is 0 Å². The Balaban J connectivity index is 0.00000264. The summed E-state index contributed by atoms with van der Waals surface area (Å²) in [5.74, 6) is 1.40. The first kappa shape index (κ1) is 20.3. The van der Waals surface area contributed by atoms with Crippen LogP contribution in [-0.2, 0) is 0 Å². The summed E-state index contributed by atoms with van der Waals surface area (Å²) in [4.78, 5) is 2.39. The number of rotatable bonds is 7. The van der Waals surface area contributed by atoms with Crippen LogP contribution >= 0.6 is 12.4 Å². The number of likely N-dealkylation sites (tertiary alicyclic amines) is 1. The third-order valence-electron chi connectivity index (χ3n) is 4.88. The van der Waals surface area contributed by atoms with Gasteiger partial charge in [0, 0.05) is 12.6 Å². The molecule has 1 heterocycles. The Morgan fingerprint density at radius 2 is 2.04 bits per heavy atom. The number of para-hydroxylation sites is 1. The highest BCUT2D eigenvalue weighted by atomic mass is 35.5. The van der Waals surface area contributed by atoms with Crippen molar-refractivity contribution >= 4 is 12.4 Å². The van der Waals surface area contributed by atoms with Crippen molar-refractivity contribution < 1.29 is 9.84 Å². The Hall–Kier alpha value is -0.770. The first-order chi connectivity index (χ1) is 10.6. The van der Waals surface area contributed by atoms with Gasteiger partial charge in [-0.3, -0.25) is 4.90 Å². The van der Waals surface area contributed by atoms with Crippen molar-refractivity contribution in [2.75, 3.05) is 19.7 Å². The lowest BCUT2D eigenvalue weighted by atomic mass is 9.98. The molecular weight excluding hydrogens is 310 g/mol. The van der Waals surface area contributed by atoms with E-state index in [4.69, 9.17) is 4.74 Å². The lowest BCUT2D eigenvalue weighted by molar-refractivity contribution is 0.0435. The highest BCUT2D eigenvalue weighted by Crippen LogP contribution is 2.28. The smallest absolute Gasteiger partial charge is 0.122 e. The summed E-state index contributed by atoms with van der Waals surface area (Å²) in [5, 5.41) is 10.3. The van der Waals surface area contributed by atoms with Gasteiger partial charge in [0.15, 0.2) is 0 Å². The molecule has 1 saturated heterocycles. The SMILES string of the molecule is CCC(C)c1ccccc1OCC(O)CN1CCCCC1C.Cl. The zero-order valence-electron chi connectivity index (χ0n) is 14.7. The van der Waals surface area contributed by atoms with Gasteiger partial charge in [0.25, 0.3) is 0 Å². The van der Waals surface area contributed by atoms with Crippen molar-refractivity contribution in [3.8, 4) is 5.75 Å². The Bertz CT molecular complexity index is 455. The minimum absolute atomic E-state index is 0. The third-order valence-corrected chi connectivity index (χ3v) is 4.88. The van der Waals surface area contributed by atoms with Crippen LogP contribution in [0, 0.1) is 0 Å². The summed E-state index contributed by atoms with van der Waals surface area (Å²) in [6, 6.07) is 8.77. The molecule has 3 atom stereocenters. The van der Waals surface area contributed by atoms with E-state index in [0.717, 1.165) is 18.7 Å². The highest BCUT2D eigenvalue weighted by Gasteiger charge is 2.21. The van der Waals surface area contributed by atoms with Gasteiger partial charge in [-0.25, -0.2) is 0 Å². The predicted octanol–water partition coefficient (Wildman–Crippen LogP) is 4.24. The molecule has 1 fully saturated rings. The fraction of sp³-hybridized carbons (Fsp3) is 0.684. The van der Waals surface area contributed by atoms with Gasteiger partial charge < -0.3 is 9.84 Å². The average Bonchev–Trinajstić information content (AvgIpc) is 2.54. The first-order valence-corrected chi connectivity index (χ1v) is 8.75. The van der Waals surface area contributed by atoms with Gasteiger partial charge in [0.05, 0.1) is 0 Å². The summed E-state index contributed by atoms with van der Waals surface area (Å²) < 4.78 is 5.92. The van der Waals surface area contributed by atoms with Crippen LogP contribution in [0.4, 0.5) is 0 Å². The lowest BCUT2D eigenvalue weighted by Crippen LogP contribution is -2.43. The molecule has 1 aliphatic heterocycles. The molecule has 0 radical (unpaired) electrons. The summed E-state index contributed by atoms with van der Waals surface area (Å²) in [7, 11) is 0. The Kier molecular flexibility index (Phi) is 8.96. The van der Waals surface area contributed by atoms with Crippen molar-refractivity contribution in [2.24, 2.45) is 0 Å². The number of hydrogen-bond donors (Lipinski definition) is 1. The van der Waals surface area contributed by atoms with E-state index in [-0.39, 0.29) is 12.4 Å². The van der Waals surface area contributed by atoms with Crippen LogP contribution in [0.2, 0.25) is 0 Å². The molecule has 1 aromatic rings. The number of aliphatic hydroxyl groups is 1. The van der Waals surface area contributed by atoms with Crippen molar-refractivity contribution in [1.29, 1.82) is 0 Å². The first-order valence-electron chi connectivity index (χ1n) is 8.75. The number of β-amino-alcohol motifs (C(OH)–C–C–N with tert-alkyl or cyclic N) is 1. The number of aliphatic hydroxyl groups excluding tert-OH is 1. The molecule has 3 unspecified atom stereocenters. The molecule has 0 aromatic heterocycles. The molecule has 0 amide bonds. The minimum atomic E-state index is -0.425. The number of halogens is 1. The maximum atomic E-state index is 10.3. The van der Waals surface area contributed by atoms with Gasteiger partial charge in [-0.15, -0.1) is 12.4 Å². The van der Waals surface area contributed by atoms with Crippen LogP contribution in [0.3, 0.4) is 0 Å². The molecular formula is C19H32ClNO2. The van der Waals surface area contributed by atoms with Crippen molar-refractivity contribution in [3.05, 3.63) is 29.8 Å². The quantitative estimate of drug-likeness (QED) is 0.805. The van der Waals surface area contributed by atoms with Gasteiger partial charge >= 0.3 is 0 Å². The number of ether oxygens (including phenoxy) is 1. The topological polar surface area (TPSA) is 32.7 Å². The second-order valence-electron chi connectivity index (χ2n) is 6.65. The normalized spacial score (nSPS) is 21.3. The molecule has 1 aromatic carbocycles. The second kappa shape index (κ2) is 10.2. The molecule has 1 aliphatic rings. The van der Waals surface area contributed by atoms with E-state index in [1.165, 1.54) is 24.8 Å². The second-order valence-corrected chi connectivity index (χ2v) is 6.65. The fourth-order valence-electron chi connectivity index (χ4n) is 3.18. The van der Waals surface area contributed by atoms with Crippen LogP contribution in [0.1, 0.15) is 57.9 Å². The van der Waals surface area contributed by atoms with E-state index in [9.17, 15) is 5.11 Å². The van der Waals surface area contributed by atoms with E-state index >= 15 is 0 Å². The summed E-state index contributed by atoms with van der Waals surface area (Å²) in [5.41, 5.74) is 1.24. The van der Waals surface area contributed by atoms with Gasteiger partial charge in [0.2, 0.25) is 0 Å². The third kappa shape index (κ3) is 5.98. The number of benzene rings is 1. The van der Waals surface area contributed by atoms with Crippen LogP contribution in [0.5, 0.6) is 5.75 Å². The van der Waals surface area contributed by atoms with Crippen LogP contribution in [-0.4, -0.2) is 41.8 Å². The summed E-state index contributed by atoms with van der Waals surface area (Å²) >= 11 is 0. The highest BCUT2D eigenvalue weighted by molar-refractivity contribution is 5.85. The maximum absolute atomic E-state index is 10.3. The van der Waals surface area contributed by atoms with E-state index in [1.807, 2.05) is 12.1 Å². The Labute approximate surface area is 147 Å². The zero-order chi connectivity index (χ0) is 15.9. The molecule has 132 valence electrons. The van der Waals surface area contributed by atoms with Crippen LogP contribution in [0.15, 0.2) is 24.3 Å². The average molecular weight is 342 g/mol. The van der Waals surface area contributed by atoms with Gasteiger partial charge in [-0.1, -0.05) is 38.5 Å². The zero-order valence-corrected chi connectivity index (χ0v) is 15.5. The largest absolute Gasteiger partial charge is 0.491 e. The number of hydrogen-bond acceptors (Lipinski definition) is 3. The molecule has 4 heteroatoms. The van der Waals surface area contributed by atoms with Gasteiger partial charge in [0.1, 0.15) is 18.5 Å². The summed E-state index contributed by atoms with van der Waals surface area (Å²) in [6.07, 6.45) is 4.46. The van der Waals surface area contributed by atoms with E-state index < -0.39 is 6.10 Å². The van der Waals surface area contributed by atoms with Gasteiger partial charge in [-0.2, -0.15) is 0 Å². The molecule has 23 heavy (non-hydrogen) atoms. The molecule has 1 N–H and O–H groups in total. The number of nitrogens with zero attached hydrogens (tertiary/aromatic N) is 1. The monoisotopic (exact) mass is 341 g/mol. The van der Waals surface area contributed by atoms with E-state index in [2.05, 4.69) is 37.8 Å². The molecule has 2 rings (SSSR count). The van der Waals surface area contributed by atoms with Crippen LogP contribution in [0.25, 0.3) is 0 Å². The van der Waals surface area contributed by atoms with Crippen molar-refractivity contribution in [3.63, 3.8) is 0 Å². The predicted molar refractivity (Wildman–Crippen MR) is 98.8 cm³/mol. The number of piperidine rings is 1. The minimum Gasteiger partial charge on any atom is -0.491 e. The Morgan fingerprint density at radius 3 is 2.74 bits per heavy atom. The molecule has 3 nitrogen and oxygen atoms in total. The Morgan fingerprint density at radius 1 is 1.30 bits per heavy atom. The van der Waals surface area contributed by atoms with E-state index in [0.29, 0.717) is 25.1 Å².